The van der Waals surface area contributed by atoms with Crippen LogP contribution in [0.15, 0.2) is 18.2 Å². The first-order valence-corrected chi connectivity index (χ1v) is 5.39. The third-order valence-electron chi connectivity index (χ3n) is 2.90. The second kappa shape index (κ2) is 4.05. The zero-order valence-electron chi connectivity index (χ0n) is 9.25. The summed E-state index contributed by atoms with van der Waals surface area (Å²) in [5.74, 6) is 1.56. The molecule has 0 amide bonds. The SMILES string of the molecule is COc1cccc(C)c1C(=O)CC1CC1. The minimum absolute atomic E-state index is 0.229. The van der Waals surface area contributed by atoms with Crippen molar-refractivity contribution >= 4 is 5.78 Å². The molecule has 0 aromatic heterocycles. The molecule has 2 nitrogen and oxygen atoms in total. The average molecular weight is 204 g/mol. The number of rotatable bonds is 4. The topological polar surface area (TPSA) is 26.3 Å². The number of benzene rings is 1. The van der Waals surface area contributed by atoms with E-state index in [1.807, 2.05) is 25.1 Å². The fourth-order valence-corrected chi connectivity index (χ4v) is 1.85. The van der Waals surface area contributed by atoms with Crippen molar-refractivity contribution in [1.82, 2.24) is 0 Å². The number of ketones is 1. The quantitative estimate of drug-likeness (QED) is 0.705. The molecule has 0 heterocycles. The standard InChI is InChI=1S/C13H16O2/c1-9-4-3-5-12(15-2)13(9)11(14)8-10-6-7-10/h3-5,10H,6-8H2,1-2H3. The molecule has 0 unspecified atom stereocenters. The predicted molar refractivity (Wildman–Crippen MR) is 59.4 cm³/mol. The van der Waals surface area contributed by atoms with Crippen LogP contribution >= 0.6 is 0 Å². The summed E-state index contributed by atoms with van der Waals surface area (Å²) >= 11 is 0. The van der Waals surface area contributed by atoms with Crippen LogP contribution in [0.4, 0.5) is 0 Å². The van der Waals surface area contributed by atoms with Gasteiger partial charge in [0, 0.05) is 6.42 Å². The summed E-state index contributed by atoms with van der Waals surface area (Å²) in [6.45, 7) is 1.96. The minimum atomic E-state index is 0.229. The van der Waals surface area contributed by atoms with Gasteiger partial charge in [0.1, 0.15) is 5.75 Å². The molecule has 1 aromatic rings. The number of aryl methyl sites for hydroxylation is 1. The number of hydrogen-bond acceptors (Lipinski definition) is 2. The lowest BCUT2D eigenvalue weighted by Crippen LogP contribution is -2.05. The Hall–Kier alpha value is -1.31. The zero-order chi connectivity index (χ0) is 10.8. The highest BCUT2D eigenvalue weighted by Crippen LogP contribution is 2.35. The summed E-state index contributed by atoms with van der Waals surface area (Å²) in [7, 11) is 1.61. The van der Waals surface area contributed by atoms with E-state index >= 15 is 0 Å². The summed E-state index contributed by atoms with van der Waals surface area (Å²) < 4.78 is 5.23. The fourth-order valence-electron chi connectivity index (χ4n) is 1.85. The molecule has 0 saturated heterocycles. The molecule has 15 heavy (non-hydrogen) atoms. The Bertz CT molecular complexity index is 378. The van der Waals surface area contributed by atoms with E-state index < -0.39 is 0 Å². The number of methoxy groups -OCH3 is 1. The maximum atomic E-state index is 12.0. The molecule has 0 spiro atoms. The highest BCUT2D eigenvalue weighted by atomic mass is 16.5. The highest BCUT2D eigenvalue weighted by molar-refractivity contribution is 6.00. The maximum Gasteiger partial charge on any atom is 0.167 e. The van der Waals surface area contributed by atoms with Gasteiger partial charge in [-0.05, 0) is 37.3 Å². The molecule has 0 aliphatic heterocycles. The van der Waals surface area contributed by atoms with Crippen LogP contribution in [-0.2, 0) is 0 Å². The van der Waals surface area contributed by atoms with Crippen molar-refractivity contribution in [3.63, 3.8) is 0 Å². The summed E-state index contributed by atoms with van der Waals surface area (Å²) in [5.41, 5.74) is 1.78. The van der Waals surface area contributed by atoms with E-state index in [-0.39, 0.29) is 5.78 Å². The van der Waals surface area contributed by atoms with Crippen molar-refractivity contribution in [2.24, 2.45) is 5.92 Å². The van der Waals surface area contributed by atoms with Gasteiger partial charge in [-0.25, -0.2) is 0 Å². The number of carbonyl (C=O) groups is 1. The van der Waals surface area contributed by atoms with Gasteiger partial charge in [0.05, 0.1) is 12.7 Å². The van der Waals surface area contributed by atoms with Gasteiger partial charge >= 0.3 is 0 Å². The molecule has 1 saturated carbocycles. The van der Waals surface area contributed by atoms with E-state index in [2.05, 4.69) is 0 Å². The Morgan fingerprint density at radius 2 is 2.20 bits per heavy atom. The molecule has 0 bridgehead atoms. The molecule has 1 aromatic carbocycles. The van der Waals surface area contributed by atoms with Gasteiger partial charge in [0.15, 0.2) is 5.78 Å². The van der Waals surface area contributed by atoms with Crippen LogP contribution in [0.3, 0.4) is 0 Å². The van der Waals surface area contributed by atoms with Gasteiger partial charge in [-0.2, -0.15) is 0 Å². The summed E-state index contributed by atoms with van der Waals surface area (Å²) in [5, 5.41) is 0. The molecular formula is C13H16O2. The van der Waals surface area contributed by atoms with E-state index in [0.29, 0.717) is 18.1 Å². The third-order valence-corrected chi connectivity index (χ3v) is 2.90. The molecule has 1 aliphatic rings. The van der Waals surface area contributed by atoms with Crippen molar-refractivity contribution in [3.8, 4) is 5.75 Å². The van der Waals surface area contributed by atoms with Crippen molar-refractivity contribution < 1.29 is 9.53 Å². The fraction of sp³-hybridized carbons (Fsp3) is 0.462. The third kappa shape index (κ3) is 2.20. The lowest BCUT2D eigenvalue weighted by molar-refractivity contribution is 0.0972. The van der Waals surface area contributed by atoms with Crippen LogP contribution in [0.5, 0.6) is 5.75 Å². The van der Waals surface area contributed by atoms with Crippen LogP contribution in [0, 0.1) is 12.8 Å². The molecule has 0 N–H and O–H groups in total. The van der Waals surface area contributed by atoms with Crippen LogP contribution < -0.4 is 4.74 Å². The average Bonchev–Trinajstić information content (AvgIpc) is 3.00. The summed E-state index contributed by atoms with van der Waals surface area (Å²) in [6, 6.07) is 5.73. The minimum Gasteiger partial charge on any atom is -0.496 e. The first kappa shape index (κ1) is 10.2. The van der Waals surface area contributed by atoms with Gasteiger partial charge in [0.2, 0.25) is 0 Å². The van der Waals surface area contributed by atoms with E-state index in [0.717, 1.165) is 11.1 Å². The first-order valence-electron chi connectivity index (χ1n) is 5.39. The van der Waals surface area contributed by atoms with Crippen LogP contribution in [0.1, 0.15) is 35.2 Å². The molecular weight excluding hydrogens is 188 g/mol. The highest BCUT2D eigenvalue weighted by Gasteiger charge is 2.26. The van der Waals surface area contributed by atoms with E-state index in [4.69, 9.17) is 4.74 Å². The number of hydrogen-bond donors (Lipinski definition) is 0. The number of Topliss-reactive ketones (excluding diaryl/α,β-unsaturated/α-hetero) is 1. The van der Waals surface area contributed by atoms with Gasteiger partial charge in [0.25, 0.3) is 0 Å². The first-order chi connectivity index (χ1) is 7.22. The predicted octanol–water partition coefficient (Wildman–Crippen LogP) is 2.99. The van der Waals surface area contributed by atoms with Gasteiger partial charge in [-0.1, -0.05) is 12.1 Å². The molecule has 0 radical (unpaired) electrons. The van der Waals surface area contributed by atoms with Gasteiger partial charge in [-0.15, -0.1) is 0 Å². The normalized spacial score (nSPS) is 15.1. The number of ether oxygens (including phenoxy) is 1. The van der Waals surface area contributed by atoms with Crippen LogP contribution in [0.2, 0.25) is 0 Å². The van der Waals surface area contributed by atoms with Gasteiger partial charge in [-0.3, -0.25) is 4.79 Å². The number of carbonyl (C=O) groups excluding carboxylic acids is 1. The monoisotopic (exact) mass is 204 g/mol. The van der Waals surface area contributed by atoms with Crippen molar-refractivity contribution in [2.45, 2.75) is 26.2 Å². The molecule has 0 atom stereocenters. The van der Waals surface area contributed by atoms with E-state index in [1.54, 1.807) is 7.11 Å². The van der Waals surface area contributed by atoms with Crippen LogP contribution in [-0.4, -0.2) is 12.9 Å². The zero-order valence-corrected chi connectivity index (χ0v) is 9.25. The molecule has 1 fully saturated rings. The lowest BCUT2D eigenvalue weighted by Gasteiger charge is -2.09. The van der Waals surface area contributed by atoms with Gasteiger partial charge < -0.3 is 4.74 Å². The second-order valence-electron chi connectivity index (χ2n) is 4.22. The maximum absolute atomic E-state index is 12.0. The Morgan fingerprint density at radius 1 is 1.47 bits per heavy atom. The summed E-state index contributed by atoms with van der Waals surface area (Å²) in [4.78, 5) is 12.0. The summed E-state index contributed by atoms with van der Waals surface area (Å²) in [6.07, 6.45) is 3.10. The van der Waals surface area contributed by atoms with Crippen molar-refractivity contribution in [2.75, 3.05) is 7.11 Å². The molecule has 80 valence electrons. The Labute approximate surface area is 90.3 Å². The Kier molecular flexibility index (Phi) is 2.76. The molecule has 2 rings (SSSR count). The Balaban J connectivity index is 2.27. The lowest BCUT2D eigenvalue weighted by atomic mass is 10.00. The van der Waals surface area contributed by atoms with Crippen molar-refractivity contribution in [1.29, 1.82) is 0 Å². The van der Waals surface area contributed by atoms with Crippen molar-refractivity contribution in [3.05, 3.63) is 29.3 Å². The van der Waals surface area contributed by atoms with E-state index in [9.17, 15) is 4.79 Å². The molecule has 1 aliphatic carbocycles. The largest absolute Gasteiger partial charge is 0.496 e. The van der Waals surface area contributed by atoms with E-state index in [1.165, 1.54) is 12.8 Å². The Morgan fingerprint density at radius 3 is 2.80 bits per heavy atom. The second-order valence-corrected chi connectivity index (χ2v) is 4.22. The molecule has 2 heteroatoms. The van der Waals surface area contributed by atoms with Crippen LogP contribution in [0.25, 0.3) is 0 Å². The smallest absolute Gasteiger partial charge is 0.167 e.